The fourth-order valence-electron chi connectivity index (χ4n) is 4.04. The molecule has 0 radical (unpaired) electrons. The fraction of sp³-hybridized carbons (Fsp3) is 0.217. The van der Waals surface area contributed by atoms with Gasteiger partial charge >= 0.3 is 0 Å². The van der Waals surface area contributed by atoms with Crippen molar-refractivity contribution in [2.45, 2.75) is 24.8 Å². The Bertz CT molecular complexity index is 1360. The monoisotopic (exact) mass is 433 g/mol. The molecule has 0 saturated heterocycles. The second-order valence-electron chi connectivity index (χ2n) is 8.12. The van der Waals surface area contributed by atoms with E-state index in [0.717, 1.165) is 47.2 Å². The van der Waals surface area contributed by atoms with Crippen molar-refractivity contribution >= 4 is 21.5 Å². The molecule has 7 nitrogen and oxygen atoms in total. The van der Waals surface area contributed by atoms with Gasteiger partial charge in [0.15, 0.2) is 11.5 Å². The van der Waals surface area contributed by atoms with E-state index in [1.165, 1.54) is 6.42 Å². The highest BCUT2D eigenvalue weighted by Gasteiger charge is 2.34. The number of hydrogen-bond acceptors (Lipinski definition) is 5. The van der Waals surface area contributed by atoms with E-state index in [1.54, 1.807) is 16.6 Å². The lowest BCUT2D eigenvalue weighted by Crippen LogP contribution is -2.43. The van der Waals surface area contributed by atoms with Gasteiger partial charge in [0.1, 0.15) is 5.69 Å². The van der Waals surface area contributed by atoms with Gasteiger partial charge in [-0.05, 0) is 37.0 Å². The molecule has 2 heterocycles. The number of hydrogen-bond donors (Lipinski definition) is 2. The third-order valence-electron chi connectivity index (χ3n) is 5.79. The number of fused-ring (bicyclic) bond motifs is 1. The van der Waals surface area contributed by atoms with Gasteiger partial charge in [-0.2, -0.15) is 0 Å². The maximum Gasteiger partial charge on any atom is 0.231 e. The zero-order chi connectivity index (χ0) is 21.6. The van der Waals surface area contributed by atoms with E-state index in [0.29, 0.717) is 5.65 Å². The van der Waals surface area contributed by atoms with Gasteiger partial charge in [0.25, 0.3) is 0 Å². The average molecular weight is 434 g/mol. The minimum Gasteiger partial charge on any atom is -0.321 e. The smallest absolute Gasteiger partial charge is 0.231 e. The minimum atomic E-state index is -3.44. The van der Waals surface area contributed by atoms with Crippen LogP contribution >= 0.6 is 0 Å². The number of anilines is 1. The van der Waals surface area contributed by atoms with Crippen LogP contribution in [0.2, 0.25) is 0 Å². The first-order chi connectivity index (χ1) is 14.8. The van der Waals surface area contributed by atoms with Gasteiger partial charge in [0.2, 0.25) is 10.0 Å². The van der Waals surface area contributed by atoms with Crippen molar-refractivity contribution in [3.63, 3.8) is 0 Å². The topological polar surface area (TPSA) is 102 Å². The Morgan fingerprint density at radius 2 is 1.68 bits per heavy atom. The summed E-state index contributed by atoms with van der Waals surface area (Å²) in [5, 5.41) is 4.51. The van der Waals surface area contributed by atoms with Gasteiger partial charge in [-0.1, -0.05) is 54.6 Å². The lowest BCUT2D eigenvalue weighted by Gasteiger charge is -2.38. The molecule has 2 aromatic carbocycles. The molecular weight excluding hydrogens is 410 g/mol. The molecule has 1 aliphatic carbocycles. The van der Waals surface area contributed by atoms with E-state index in [-0.39, 0.29) is 11.4 Å². The normalized spacial score (nSPS) is 15.5. The van der Waals surface area contributed by atoms with E-state index in [9.17, 15) is 8.42 Å². The van der Waals surface area contributed by atoms with Gasteiger partial charge in [0, 0.05) is 16.7 Å². The molecule has 2 aromatic heterocycles. The van der Waals surface area contributed by atoms with Crippen LogP contribution in [0.4, 0.5) is 5.82 Å². The van der Waals surface area contributed by atoms with Crippen LogP contribution in [-0.4, -0.2) is 29.3 Å². The number of nitrogens with zero attached hydrogens (tertiary/aromatic N) is 3. The molecule has 8 heteroatoms. The molecule has 1 fully saturated rings. The molecular formula is C23H23N5O2S. The summed E-state index contributed by atoms with van der Waals surface area (Å²) in [7, 11) is -3.44. The molecule has 0 spiro atoms. The first-order valence-electron chi connectivity index (χ1n) is 10.2. The van der Waals surface area contributed by atoms with Crippen molar-refractivity contribution < 1.29 is 8.42 Å². The standard InChI is InChI=1S/C23H23N5O2S/c1-31(29,30)27-19-12-13-20-25-21(22(28(20)26-19)17-6-3-2-4-7-17)16-8-10-18(11-9-16)23(24)14-5-15-23/h2-4,6-13H,5,14-15,24H2,1H3,(H,26,27). The van der Waals surface area contributed by atoms with E-state index in [4.69, 9.17) is 10.7 Å². The summed E-state index contributed by atoms with van der Waals surface area (Å²) in [6, 6.07) is 21.5. The molecule has 0 amide bonds. The Hall–Kier alpha value is -3.23. The summed E-state index contributed by atoms with van der Waals surface area (Å²) in [6.07, 6.45) is 4.29. The highest BCUT2D eigenvalue weighted by molar-refractivity contribution is 7.92. The molecule has 0 bridgehead atoms. The Kier molecular flexibility index (Phi) is 4.56. The van der Waals surface area contributed by atoms with Crippen molar-refractivity contribution in [1.29, 1.82) is 0 Å². The van der Waals surface area contributed by atoms with Crippen molar-refractivity contribution in [3.05, 3.63) is 72.3 Å². The Labute approximate surface area is 181 Å². The quantitative estimate of drug-likeness (QED) is 0.499. The SMILES string of the molecule is CS(=O)(=O)Nc1ccc2nc(-c3ccc(C4(N)CCC4)cc3)c(-c3ccccc3)n2n1. The predicted molar refractivity (Wildman–Crippen MR) is 122 cm³/mol. The predicted octanol–water partition coefficient (Wildman–Crippen LogP) is 3.77. The summed E-state index contributed by atoms with van der Waals surface area (Å²) in [5.74, 6) is 0.238. The van der Waals surface area contributed by atoms with E-state index < -0.39 is 10.0 Å². The Balaban J connectivity index is 1.67. The third kappa shape index (κ3) is 3.68. The van der Waals surface area contributed by atoms with Crippen molar-refractivity contribution in [2.24, 2.45) is 5.73 Å². The Morgan fingerprint density at radius 1 is 0.968 bits per heavy atom. The summed E-state index contributed by atoms with van der Waals surface area (Å²) >= 11 is 0. The lowest BCUT2D eigenvalue weighted by molar-refractivity contribution is 0.253. The van der Waals surface area contributed by atoms with Crippen LogP contribution in [0.1, 0.15) is 24.8 Å². The zero-order valence-electron chi connectivity index (χ0n) is 17.1. The molecule has 3 N–H and O–H groups in total. The number of imidazole rings is 1. The number of benzene rings is 2. The molecule has 31 heavy (non-hydrogen) atoms. The Morgan fingerprint density at radius 3 is 2.29 bits per heavy atom. The molecule has 0 unspecified atom stereocenters. The van der Waals surface area contributed by atoms with Crippen LogP contribution in [0, 0.1) is 0 Å². The van der Waals surface area contributed by atoms with E-state index in [1.807, 2.05) is 42.5 Å². The lowest BCUT2D eigenvalue weighted by atomic mass is 9.72. The number of rotatable bonds is 5. The highest BCUT2D eigenvalue weighted by Crippen LogP contribution is 2.40. The number of aromatic nitrogens is 3. The molecule has 4 aromatic rings. The molecule has 0 aliphatic heterocycles. The molecule has 1 saturated carbocycles. The average Bonchev–Trinajstić information content (AvgIpc) is 3.10. The van der Waals surface area contributed by atoms with Gasteiger partial charge in [0.05, 0.1) is 11.9 Å². The molecule has 1 aliphatic rings. The number of nitrogens with two attached hydrogens (primary N) is 1. The van der Waals surface area contributed by atoms with Crippen molar-refractivity contribution in [2.75, 3.05) is 11.0 Å². The second-order valence-corrected chi connectivity index (χ2v) is 9.87. The van der Waals surface area contributed by atoms with Crippen molar-refractivity contribution in [1.82, 2.24) is 14.6 Å². The van der Waals surface area contributed by atoms with Crippen molar-refractivity contribution in [3.8, 4) is 22.5 Å². The van der Waals surface area contributed by atoms with Gasteiger partial charge in [-0.25, -0.2) is 17.9 Å². The van der Waals surface area contributed by atoms with E-state index >= 15 is 0 Å². The zero-order valence-corrected chi connectivity index (χ0v) is 17.9. The maximum atomic E-state index is 11.7. The van der Waals surface area contributed by atoms with Crippen LogP contribution in [0.5, 0.6) is 0 Å². The summed E-state index contributed by atoms with van der Waals surface area (Å²) in [4.78, 5) is 4.81. The third-order valence-corrected chi connectivity index (χ3v) is 6.37. The van der Waals surface area contributed by atoms with E-state index in [2.05, 4.69) is 22.0 Å². The van der Waals surface area contributed by atoms with Gasteiger partial charge < -0.3 is 5.73 Å². The molecule has 158 valence electrons. The second kappa shape index (κ2) is 7.18. The number of sulfonamides is 1. The minimum absolute atomic E-state index is 0.215. The summed E-state index contributed by atoms with van der Waals surface area (Å²) < 4.78 is 27.5. The van der Waals surface area contributed by atoms with Crippen LogP contribution in [0.15, 0.2) is 66.7 Å². The highest BCUT2D eigenvalue weighted by atomic mass is 32.2. The first kappa shape index (κ1) is 19.7. The van der Waals surface area contributed by atoms with Crippen LogP contribution in [0.25, 0.3) is 28.2 Å². The maximum absolute atomic E-state index is 11.7. The molecule has 5 rings (SSSR count). The van der Waals surface area contributed by atoms with Crippen LogP contribution in [0.3, 0.4) is 0 Å². The first-order valence-corrected chi connectivity index (χ1v) is 12.0. The molecule has 0 atom stereocenters. The van der Waals surface area contributed by atoms with Gasteiger partial charge in [-0.3, -0.25) is 4.72 Å². The fourth-order valence-corrected chi connectivity index (χ4v) is 4.53. The summed E-state index contributed by atoms with van der Waals surface area (Å²) in [6.45, 7) is 0. The van der Waals surface area contributed by atoms with Crippen LogP contribution in [-0.2, 0) is 15.6 Å². The number of nitrogens with one attached hydrogen (secondary N) is 1. The largest absolute Gasteiger partial charge is 0.321 e. The van der Waals surface area contributed by atoms with Gasteiger partial charge in [-0.15, -0.1) is 5.10 Å². The summed E-state index contributed by atoms with van der Waals surface area (Å²) in [5.41, 5.74) is 11.5. The van der Waals surface area contributed by atoms with Crippen LogP contribution < -0.4 is 10.5 Å².